The van der Waals surface area contributed by atoms with Crippen LogP contribution in [0.15, 0.2) is 58.5 Å². The second kappa shape index (κ2) is 12.3. The molecule has 34 heavy (non-hydrogen) atoms. The number of benzene rings is 2. The average Bonchev–Trinajstić information content (AvgIpc) is 2.86. The lowest BCUT2D eigenvalue weighted by atomic mass is 9.63. The molecule has 2 aromatic carbocycles. The molecule has 0 radical (unpaired) electrons. The summed E-state index contributed by atoms with van der Waals surface area (Å²) in [6.45, 7) is 5.64. The highest BCUT2D eigenvalue weighted by molar-refractivity contribution is 5.47. The van der Waals surface area contributed by atoms with Crippen molar-refractivity contribution in [3.63, 3.8) is 0 Å². The molecule has 1 saturated carbocycles. The zero-order valence-electron chi connectivity index (χ0n) is 20.2. The molecule has 1 fully saturated rings. The van der Waals surface area contributed by atoms with Crippen molar-refractivity contribution in [2.45, 2.75) is 76.3 Å². The van der Waals surface area contributed by atoms with Crippen molar-refractivity contribution < 1.29 is 19.1 Å². The van der Waals surface area contributed by atoms with Crippen LogP contribution in [0.25, 0.3) is 0 Å². The van der Waals surface area contributed by atoms with Gasteiger partial charge in [-0.2, -0.15) is 9.98 Å². The van der Waals surface area contributed by atoms with E-state index in [2.05, 4.69) is 48.1 Å². The zero-order valence-corrected chi connectivity index (χ0v) is 20.2. The predicted octanol–water partition coefficient (Wildman–Crippen LogP) is 6.27. The summed E-state index contributed by atoms with van der Waals surface area (Å²) in [5, 5.41) is 0. The van der Waals surface area contributed by atoms with E-state index < -0.39 is 5.66 Å². The Hall–Kier alpha value is -3.20. The number of hydrogen-bond acceptors (Lipinski definition) is 6. The van der Waals surface area contributed by atoms with Gasteiger partial charge in [-0.15, -0.1) is 0 Å². The van der Waals surface area contributed by atoms with Gasteiger partial charge >= 0.3 is 0 Å². The molecule has 0 amide bonds. The first-order valence-electron chi connectivity index (χ1n) is 12.3. The summed E-state index contributed by atoms with van der Waals surface area (Å²) >= 11 is 0. The maximum atomic E-state index is 11.1. The Morgan fingerprint density at radius 3 is 1.65 bits per heavy atom. The fraction of sp³-hybridized carbons (Fsp3) is 0.500. The molecule has 0 saturated heterocycles. The Kier molecular flexibility index (Phi) is 9.21. The van der Waals surface area contributed by atoms with Crippen molar-refractivity contribution in [3.05, 3.63) is 59.7 Å². The summed E-state index contributed by atoms with van der Waals surface area (Å²) in [7, 11) is 0. The predicted molar refractivity (Wildman–Crippen MR) is 132 cm³/mol. The summed E-state index contributed by atoms with van der Waals surface area (Å²) in [6, 6.07) is 16.5. The first-order valence-corrected chi connectivity index (χ1v) is 12.3. The third-order valence-electron chi connectivity index (χ3n) is 6.72. The summed E-state index contributed by atoms with van der Waals surface area (Å²) < 4.78 is 12.0. The van der Waals surface area contributed by atoms with Gasteiger partial charge in [0, 0.05) is 5.41 Å². The fourth-order valence-electron chi connectivity index (χ4n) is 4.68. The van der Waals surface area contributed by atoms with Gasteiger partial charge in [-0.1, -0.05) is 51.0 Å². The van der Waals surface area contributed by atoms with Crippen LogP contribution in [0.5, 0.6) is 11.5 Å². The molecule has 3 rings (SSSR count). The van der Waals surface area contributed by atoms with Crippen molar-refractivity contribution in [2.75, 3.05) is 13.2 Å². The van der Waals surface area contributed by atoms with Gasteiger partial charge in [-0.25, -0.2) is 9.59 Å². The van der Waals surface area contributed by atoms with Gasteiger partial charge in [-0.3, -0.25) is 0 Å². The summed E-state index contributed by atoms with van der Waals surface area (Å²) in [5.41, 5.74) is 0.823. The van der Waals surface area contributed by atoms with Crippen LogP contribution in [-0.4, -0.2) is 31.0 Å². The highest BCUT2D eigenvalue weighted by atomic mass is 16.5. The molecule has 6 heteroatoms. The summed E-state index contributed by atoms with van der Waals surface area (Å²) in [6.07, 6.45) is 9.56. The Morgan fingerprint density at radius 2 is 1.24 bits per heavy atom. The van der Waals surface area contributed by atoms with E-state index in [1.54, 1.807) is 12.2 Å². The zero-order chi connectivity index (χ0) is 24.3. The van der Waals surface area contributed by atoms with Crippen molar-refractivity contribution in [1.29, 1.82) is 0 Å². The first kappa shape index (κ1) is 25.4. The molecule has 6 nitrogen and oxygen atoms in total. The molecule has 0 bridgehead atoms. The number of carbonyl (C=O) groups excluding carboxylic acids is 2. The molecule has 0 atom stereocenters. The number of aliphatic imine (C=N–C) groups is 2. The van der Waals surface area contributed by atoms with E-state index in [1.807, 2.05) is 24.3 Å². The number of nitrogens with zero attached hydrogens (tertiary/aromatic N) is 2. The lowest BCUT2D eigenvalue weighted by Crippen LogP contribution is -2.40. The Labute approximate surface area is 202 Å². The highest BCUT2D eigenvalue weighted by Crippen LogP contribution is 2.50. The van der Waals surface area contributed by atoms with Crippen LogP contribution in [0.2, 0.25) is 0 Å². The number of hydrogen-bond donors (Lipinski definition) is 0. The van der Waals surface area contributed by atoms with E-state index in [0.29, 0.717) is 38.9 Å². The van der Waals surface area contributed by atoms with E-state index in [-0.39, 0.29) is 5.41 Å². The van der Waals surface area contributed by atoms with Crippen LogP contribution in [0, 0.1) is 0 Å². The third kappa shape index (κ3) is 6.02. The van der Waals surface area contributed by atoms with Gasteiger partial charge < -0.3 is 9.47 Å². The standard InChI is InChI=1S/C28H34N2O4/c1-3-5-17-33-25-11-7-9-23(19-25)27(13-15-28(16-14-27,29-21-31)30-22-32)24-10-8-12-26(20-24)34-18-6-4-2/h7-12,19-20H,3-6,13-18H2,1-2H3. The van der Waals surface area contributed by atoms with Gasteiger partial charge in [0.2, 0.25) is 12.2 Å². The fourth-order valence-corrected chi connectivity index (χ4v) is 4.68. The Morgan fingerprint density at radius 1 is 0.765 bits per heavy atom. The molecule has 1 aliphatic rings. The van der Waals surface area contributed by atoms with Crippen LogP contribution in [0.1, 0.15) is 76.3 Å². The van der Waals surface area contributed by atoms with Gasteiger partial charge in [0.25, 0.3) is 0 Å². The number of unbranched alkanes of at least 4 members (excludes halogenated alkanes) is 2. The lowest BCUT2D eigenvalue weighted by Gasteiger charge is -2.43. The molecule has 0 heterocycles. The van der Waals surface area contributed by atoms with Gasteiger partial charge in [0.15, 0.2) is 5.66 Å². The van der Waals surface area contributed by atoms with Crippen LogP contribution in [-0.2, 0) is 15.0 Å². The molecule has 180 valence electrons. The van der Waals surface area contributed by atoms with Crippen molar-refractivity contribution in [1.82, 2.24) is 0 Å². The molecule has 0 aliphatic heterocycles. The monoisotopic (exact) mass is 462 g/mol. The van der Waals surface area contributed by atoms with Crippen molar-refractivity contribution >= 4 is 12.2 Å². The van der Waals surface area contributed by atoms with E-state index in [0.717, 1.165) is 48.3 Å². The molecule has 1 aliphatic carbocycles. The topological polar surface area (TPSA) is 77.3 Å². The molecule has 0 aromatic heterocycles. The maximum Gasteiger partial charge on any atom is 0.237 e. The summed E-state index contributed by atoms with van der Waals surface area (Å²) in [4.78, 5) is 30.0. The highest BCUT2D eigenvalue weighted by Gasteiger charge is 2.45. The lowest BCUT2D eigenvalue weighted by molar-refractivity contribution is 0.233. The molecular formula is C28H34N2O4. The number of isocyanates is 2. The maximum absolute atomic E-state index is 11.1. The smallest absolute Gasteiger partial charge is 0.237 e. The van der Waals surface area contributed by atoms with E-state index in [4.69, 9.17) is 9.47 Å². The van der Waals surface area contributed by atoms with E-state index in [1.165, 1.54) is 0 Å². The van der Waals surface area contributed by atoms with Crippen molar-refractivity contribution in [2.24, 2.45) is 9.98 Å². The van der Waals surface area contributed by atoms with Crippen LogP contribution in [0.3, 0.4) is 0 Å². The van der Waals surface area contributed by atoms with Gasteiger partial charge in [-0.05, 0) is 73.9 Å². The second-order valence-corrected chi connectivity index (χ2v) is 8.93. The Bertz CT molecular complexity index is 955. The largest absolute Gasteiger partial charge is 0.494 e. The average molecular weight is 463 g/mol. The third-order valence-corrected chi connectivity index (χ3v) is 6.72. The van der Waals surface area contributed by atoms with Crippen molar-refractivity contribution in [3.8, 4) is 11.5 Å². The summed E-state index contributed by atoms with van der Waals surface area (Å²) in [5.74, 6) is 1.68. The van der Waals surface area contributed by atoms with Gasteiger partial charge in [0.05, 0.1) is 13.2 Å². The molecule has 2 aromatic rings. The second-order valence-electron chi connectivity index (χ2n) is 8.93. The normalized spacial score (nSPS) is 16.1. The SMILES string of the molecule is CCCCOc1cccc(C2(c3cccc(OCCCC)c3)CCC(N=C=O)(N=C=O)CC2)c1. The first-order chi connectivity index (χ1) is 16.6. The minimum absolute atomic E-state index is 0.353. The molecule has 0 N–H and O–H groups in total. The van der Waals surface area contributed by atoms with E-state index >= 15 is 0 Å². The van der Waals surface area contributed by atoms with Crippen LogP contribution in [0.4, 0.5) is 0 Å². The minimum atomic E-state index is -1.09. The van der Waals surface area contributed by atoms with E-state index in [9.17, 15) is 9.59 Å². The van der Waals surface area contributed by atoms with Gasteiger partial charge in [0.1, 0.15) is 11.5 Å². The molecular weight excluding hydrogens is 428 g/mol. The number of rotatable bonds is 12. The quantitative estimate of drug-likeness (QED) is 0.211. The van der Waals surface area contributed by atoms with Crippen LogP contribution < -0.4 is 9.47 Å². The van der Waals surface area contributed by atoms with Crippen LogP contribution >= 0.6 is 0 Å². The minimum Gasteiger partial charge on any atom is -0.494 e. The Balaban J connectivity index is 2.00. The number of ether oxygens (including phenoxy) is 2. The molecule has 0 spiro atoms. The molecule has 0 unspecified atom stereocenters.